The lowest BCUT2D eigenvalue weighted by molar-refractivity contribution is -0.120. The fourth-order valence-electron chi connectivity index (χ4n) is 3.21. The van der Waals surface area contributed by atoms with E-state index >= 15 is 0 Å². The fraction of sp³-hybridized carbons (Fsp3) is 0.588. The smallest absolute Gasteiger partial charge is 0.231 e. The first-order valence-corrected chi connectivity index (χ1v) is 10.6. The summed E-state index contributed by atoms with van der Waals surface area (Å²) in [5, 5.41) is 2.88. The molecule has 1 saturated heterocycles. The van der Waals surface area contributed by atoms with Crippen molar-refractivity contribution in [1.29, 1.82) is 0 Å². The third-order valence-corrected chi connectivity index (χ3v) is 5.50. The molecule has 1 aromatic carbocycles. The molecule has 0 aliphatic carbocycles. The average Bonchev–Trinajstić information content (AvgIpc) is 3.23. The summed E-state index contributed by atoms with van der Waals surface area (Å²) in [6.45, 7) is 2.65. The van der Waals surface area contributed by atoms with Gasteiger partial charge in [-0.15, -0.1) is 0 Å². The number of fused-ring (bicyclic) bond motifs is 1. The molecule has 0 saturated carbocycles. The van der Waals surface area contributed by atoms with Gasteiger partial charge in [0.1, 0.15) is 9.84 Å². The van der Waals surface area contributed by atoms with Crippen LogP contribution in [-0.4, -0.2) is 57.7 Å². The van der Waals surface area contributed by atoms with Crippen LogP contribution < -0.4 is 14.8 Å². The molecule has 0 spiro atoms. The van der Waals surface area contributed by atoms with Gasteiger partial charge in [-0.25, -0.2) is 8.42 Å². The molecule has 8 heteroatoms. The van der Waals surface area contributed by atoms with Crippen LogP contribution in [0.15, 0.2) is 18.2 Å². The molecule has 3 rings (SSSR count). The van der Waals surface area contributed by atoms with Gasteiger partial charge in [0.2, 0.25) is 12.7 Å². The number of sulfone groups is 1. The Bertz CT molecular complexity index is 729. The molecule has 1 amide bonds. The van der Waals surface area contributed by atoms with Gasteiger partial charge < -0.3 is 14.8 Å². The highest BCUT2D eigenvalue weighted by Gasteiger charge is 2.26. The van der Waals surface area contributed by atoms with Crippen LogP contribution in [0.1, 0.15) is 30.9 Å². The minimum absolute atomic E-state index is 0.00725. The van der Waals surface area contributed by atoms with Crippen LogP contribution in [0.4, 0.5) is 0 Å². The van der Waals surface area contributed by atoms with Crippen molar-refractivity contribution in [1.82, 2.24) is 10.2 Å². The highest BCUT2D eigenvalue weighted by Crippen LogP contribution is 2.36. The molecule has 2 heterocycles. The van der Waals surface area contributed by atoms with E-state index in [0.717, 1.165) is 49.2 Å². The van der Waals surface area contributed by atoms with Crippen LogP contribution in [0.3, 0.4) is 0 Å². The minimum atomic E-state index is -3.13. The quantitative estimate of drug-likeness (QED) is 0.776. The van der Waals surface area contributed by atoms with Crippen molar-refractivity contribution in [2.24, 2.45) is 0 Å². The van der Waals surface area contributed by atoms with Crippen molar-refractivity contribution in [3.05, 3.63) is 23.8 Å². The van der Waals surface area contributed by atoms with Crippen LogP contribution in [0.2, 0.25) is 0 Å². The zero-order chi connectivity index (χ0) is 17.9. The Morgan fingerprint density at radius 1 is 1.24 bits per heavy atom. The third-order valence-electron chi connectivity index (χ3n) is 4.56. The molecule has 7 nitrogen and oxygen atoms in total. The lowest BCUT2D eigenvalue weighted by Crippen LogP contribution is -2.37. The second-order valence-electron chi connectivity index (χ2n) is 6.56. The third kappa shape index (κ3) is 4.85. The lowest BCUT2D eigenvalue weighted by Gasteiger charge is -2.28. The largest absolute Gasteiger partial charge is 0.454 e. The molecule has 0 aromatic heterocycles. The predicted octanol–water partition coefficient (Wildman–Crippen LogP) is 1.10. The highest BCUT2D eigenvalue weighted by atomic mass is 32.2. The van der Waals surface area contributed by atoms with Gasteiger partial charge in [0.25, 0.3) is 0 Å². The van der Waals surface area contributed by atoms with Gasteiger partial charge in [-0.3, -0.25) is 9.69 Å². The Morgan fingerprint density at radius 3 is 2.68 bits per heavy atom. The molecular weight excluding hydrogens is 344 g/mol. The van der Waals surface area contributed by atoms with Crippen LogP contribution in [0.25, 0.3) is 0 Å². The average molecular weight is 368 g/mol. The second-order valence-corrected chi connectivity index (χ2v) is 8.82. The maximum atomic E-state index is 12.0. The van der Waals surface area contributed by atoms with Crippen molar-refractivity contribution in [2.45, 2.75) is 25.3 Å². The zero-order valence-corrected chi connectivity index (χ0v) is 15.2. The van der Waals surface area contributed by atoms with E-state index in [1.807, 2.05) is 18.2 Å². The van der Waals surface area contributed by atoms with E-state index in [4.69, 9.17) is 9.47 Å². The van der Waals surface area contributed by atoms with Gasteiger partial charge in [-0.05, 0) is 43.6 Å². The monoisotopic (exact) mass is 368 g/mol. The Morgan fingerprint density at radius 2 is 1.96 bits per heavy atom. The summed E-state index contributed by atoms with van der Waals surface area (Å²) in [4.78, 5) is 14.3. The number of benzene rings is 1. The summed E-state index contributed by atoms with van der Waals surface area (Å²) < 4.78 is 33.2. The normalized spacial score (nSPS) is 18.3. The predicted molar refractivity (Wildman–Crippen MR) is 93.5 cm³/mol. The lowest BCUT2D eigenvalue weighted by atomic mass is 10.0. The van der Waals surface area contributed by atoms with E-state index in [1.54, 1.807) is 0 Å². The summed E-state index contributed by atoms with van der Waals surface area (Å²) >= 11 is 0. The van der Waals surface area contributed by atoms with E-state index in [-0.39, 0.29) is 30.9 Å². The molecule has 1 unspecified atom stereocenters. The van der Waals surface area contributed by atoms with Crippen molar-refractivity contribution in [2.75, 3.05) is 38.4 Å². The summed E-state index contributed by atoms with van der Waals surface area (Å²) in [6, 6.07) is 5.90. The molecule has 1 fully saturated rings. The van der Waals surface area contributed by atoms with Gasteiger partial charge in [-0.2, -0.15) is 0 Å². The fourth-order valence-corrected chi connectivity index (χ4v) is 3.76. The summed E-state index contributed by atoms with van der Waals surface area (Å²) in [7, 11) is -3.13. The van der Waals surface area contributed by atoms with Crippen LogP contribution in [0.5, 0.6) is 11.5 Å². The van der Waals surface area contributed by atoms with Gasteiger partial charge in [-0.1, -0.05) is 6.07 Å². The van der Waals surface area contributed by atoms with E-state index in [2.05, 4.69) is 10.2 Å². The summed E-state index contributed by atoms with van der Waals surface area (Å²) in [5.41, 5.74) is 1.06. The molecule has 2 aliphatic rings. The Kier molecular flexibility index (Phi) is 5.48. The van der Waals surface area contributed by atoms with Gasteiger partial charge >= 0.3 is 0 Å². The summed E-state index contributed by atoms with van der Waals surface area (Å²) in [5.74, 6) is 1.10. The number of amides is 1. The SMILES string of the molecule is CS(=O)(=O)CCC(=O)NCC(c1ccc2c(c1)OCO2)N1CCCC1. The molecule has 1 atom stereocenters. The number of carbonyl (C=O) groups excluding carboxylic acids is 1. The molecular formula is C17H24N2O5S. The number of hydrogen-bond acceptors (Lipinski definition) is 6. The number of ether oxygens (including phenoxy) is 2. The number of carbonyl (C=O) groups is 1. The first-order chi connectivity index (χ1) is 11.9. The molecule has 0 radical (unpaired) electrons. The maximum Gasteiger partial charge on any atom is 0.231 e. The number of likely N-dealkylation sites (tertiary alicyclic amines) is 1. The van der Waals surface area contributed by atoms with Crippen molar-refractivity contribution >= 4 is 15.7 Å². The number of nitrogens with one attached hydrogen (secondary N) is 1. The molecule has 25 heavy (non-hydrogen) atoms. The summed E-state index contributed by atoms with van der Waals surface area (Å²) in [6.07, 6.45) is 3.42. The first kappa shape index (κ1) is 18.0. The van der Waals surface area contributed by atoms with E-state index in [9.17, 15) is 13.2 Å². The van der Waals surface area contributed by atoms with Crippen LogP contribution in [-0.2, 0) is 14.6 Å². The number of rotatable bonds is 7. The minimum Gasteiger partial charge on any atom is -0.454 e. The molecule has 1 N–H and O–H groups in total. The van der Waals surface area contributed by atoms with E-state index in [0.29, 0.717) is 6.54 Å². The first-order valence-electron chi connectivity index (χ1n) is 8.50. The Labute approximate surface area is 148 Å². The highest BCUT2D eigenvalue weighted by molar-refractivity contribution is 7.90. The van der Waals surface area contributed by atoms with Gasteiger partial charge in [0, 0.05) is 19.2 Å². The Hall–Kier alpha value is -1.80. The van der Waals surface area contributed by atoms with Crippen LogP contribution in [0, 0.1) is 0 Å². The van der Waals surface area contributed by atoms with Crippen molar-refractivity contribution < 1.29 is 22.7 Å². The van der Waals surface area contributed by atoms with Gasteiger partial charge in [0.05, 0.1) is 11.8 Å². The molecule has 1 aromatic rings. The number of nitrogens with zero attached hydrogens (tertiary/aromatic N) is 1. The molecule has 0 bridgehead atoms. The van der Waals surface area contributed by atoms with Crippen molar-refractivity contribution in [3.8, 4) is 11.5 Å². The van der Waals surface area contributed by atoms with Gasteiger partial charge in [0.15, 0.2) is 11.5 Å². The van der Waals surface area contributed by atoms with Crippen molar-refractivity contribution in [3.63, 3.8) is 0 Å². The zero-order valence-electron chi connectivity index (χ0n) is 14.4. The maximum absolute atomic E-state index is 12.0. The number of hydrogen-bond donors (Lipinski definition) is 1. The van der Waals surface area contributed by atoms with E-state index < -0.39 is 9.84 Å². The Balaban J connectivity index is 1.67. The standard InChI is InChI=1S/C17H24N2O5S/c1-25(21,22)9-6-17(20)18-11-14(19-7-2-3-8-19)13-4-5-15-16(10-13)24-12-23-15/h4-5,10,14H,2-3,6-9,11-12H2,1H3,(H,18,20). The van der Waals surface area contributed by atoms with Crippen LogP contribution >= 0.6 is 0 Å². The van der Waals surface area contributed by atoms with E-state index in [1.165, 1.54) is 0 Å². The molecule has 2 aliphatic heterocycles. The topological polar surface area (TPSA) is 84.9 Å². The molecule has 138 valence electrons. The second kappa shape index (κ2) is 7.61.